The molecule has 4 nitrogen and oxygen atoms in total. The van der Waals surface area contributed by atoms with E-state index in [-0.39, 0.29) is 5.91 Å². The Bertz CT molecular complexity index is 826. The monoisotopic (exact) mass is 489 g/mol. The van der Waals surface area contributed by atoms with Gasteiger partial charge in [-0.25, -0.2) is 0 Å². The fourth-order valence-electron chi connectivity index (χ4n) is 2.99. The minimum Gasteiger partial charge on any atom is -0.324 e. The summed E-state index contributed by atoms with van der Waals surface area (Å²) in [7, 11) is 0. The Morgan fingerprint density at radius 1 is 0.926 bits per heavy atom. The number of hydrogen-bond acceptors (Lipinski definition) is 3. The van der Waals surface area contributed by atoms with Crippen molar-refractivity contribution < 1.29 is 4.79 Å². The van der Waals surface area contributed by atoms with Gasteiger partial charge < -0.3 is 5.32 Å². The molecule has 1 amide bonds. The van der Waals surface area contributed by atoms with E-state index in [1.54, 1.807) is 12.1 Å². The highest BCUT2D eigenvalue weighted by atomic mass is 79.9. The molecule has 0 atom stereocenters. The molecule has 2 aromatic carbocycles. The van der Waals surface area contributed by atoms with Crippen molar-refractivity contribution in [3.05, 3.63) is 61.5 Å². The van der Waals surface area contributed by atoms with Gasteiger partial charge in [-0.15, -0.1) is 0 Å². The average Bonchev–Trinajstić information content (AvgIpc) is 2.62. The van der Waals surface area contributed by atoms with Crippen molar-refractivity contribution >= 4 is 62.3 Å². The minimum absolute atomic E-state index is 0.0582. The van der Waals surface area contributed by atoms with Crippen LogP contribution in [-0.4, -0.2) is 48.4 Å². The third kappa shape index (κ3) is 6.08. The summed E-state index contributed by atoms with van der Waals surface area (Å²) in [6.07, 6.45) is 0. The predicted molar refractivity (Wildman–Crippen MR) is 116 cm³/mol. The van der Waals surface area contributed by atoms with Crippen LogP contribution < -0.4 is 5.32 Å². The third-order valence-corrected chi connectivity index (χ3v) is 5.97. The van der Waals surface area contributed by atoms with Crippen molar-refractivity contribution in [2.75, 3.05) is 38.0 Å². The molecule has 1 fully saturated rings. The smallest absolute Gasteiger partial charge is 0.238 e. The van der Waals surface area contributed by atoms with Crippen molar-refractivity contribution in [1.82, 2.24) is 9.80 Å². The maximum absolute atomic E-state index is 12.3. The molecule has 0 aromatic heterocycles. The quantitative estimate of drug-likeness (QED) is 0.627. The van der Waals surface area contributed by atoms with Gasteiger partial charge in [0.1, 0.15) is 0 Å². The van der Waals surface area contributed by atoms with Gasteiger partial charge in [-0.3, -0.25) is 14.6 Å². The van der Waals surface area contributed by atoms with Gasteiger partial charge in [-0.1, -0.05) is 56.8 Å². The van der Waals surface area contributed by atoms with Gasteiger partial charge in [0, 0.05) is 37.2 Å². The van der Waals surface area contributed by atoms with Crippen LogP contribution >= 0.6 is 50.7 Å². The molecular weight excluding hydrogens is 472 g/mol. The normalized spacial score (nSPS) is 15.7. The van der Waals surface area contributed by atoms with Gasteiger partial charge in [-0.05, 0) is 35.9 Å². The number of benzene rings is 2. The first-order chi connectivity index (χ1) is 12.9. The third-order valence-electron chi connectivity index (χ3n) is 4.43. The molecule has 1 heterocycles. The molecule has 0 aliphatic carbocycles. The molecule has 2 aromatic rings. The summed E-state index contributed by atoms with van der Waals surface area (Å²) in [6, 6.07) is 11.1. The molecule has 3 rings (SSSR count). The van der Waals surface area contributed by atoms with E-state index >= 15 is 0 Å². The van der Waals surface area contributed by atoms with Crippen LogP contribution in [0.1, 0.15) is 5.56 Å². The summed E-state index contributed by atoms with van der Waals surface area (Å²) in [5.74, 6) is -0.0582. The second-order valence-corrected chi connectivity index (χ2v) is 8.61. The Labute approximate surface area is 182 Å². The topological polar surface area (TPSA) is 35.6 Å². The number of anilines is 1. The lowest BCUT2D eigenvalue weighted by Gasteiger charge is -2.34. The summed E-state index contributed by atoms with van der Waals surface area (Å²) in [5, 5.41) is 4.54. The van der Waals surface area contributed by atoms with E-state index in [0.717, 1.165) is 42.8 Å². The zero-order valence-electron chi connectivity index (χ0n) is 14.5. The lowest BCUT2D eigenvalue weighted by Crippen LogP contribution is -2.48. The van der Waals surface area contributed by atoms with Gasteiger partial charge >= 0.3 is 0 Å². The molecule has 0 radical (unpaired) electrons. The van der Waals surface area contributed by atoms with Crippen molar-refractivity contribution in [2.45, 2.75) is 6.54 Å². The van der Waals surface area contributed by atoms with Crippen LogP contribution in [0.15, 0.2) is 40.9 Å². The van der Waals surface area contributed by atoms with Gasteiger partial charge in [-0.2, -0.15) is 0 Å². The van der Waals surface area contributed by atoms with Crippen molar-refractivity contribution in [2.24, 2.45) is 0 Å². The van der Waals surface area contributed by atoms with Crippen molar-refractivity contribution in [3.63, 3.8) is 0 Å². The highest BCUT2D eigenvalue weighted by Gasteiger charge is 2.19. The van der Waals surface area contributed by atoms with E-state index in [0.29, 0.717) is 27.3 Å². The summed E-state index contributed by atoms with van der Waals surface area (Å²) in [6.45, 7) is 4.64. The molecule has 1 aliphatic heterocycles. The number of nitrogens with one attached hydrogen (secondary N) is 1. The van der Waals surface area contributed by atoms with Gasteiger partial charge in [0.25, 0.3) is 0 Å². The zero-order valence-corrected chi connectivity index (χ0v) is 18.4. The second-order valence-electron chi connectivity index (χ2n) is 6.47. The molecule has 1 aliphatic rings. The molecule has 0 spiro atoms. The van der Waals surface area contributed by atoms with Gasteiger partial charge in [0.05, 0.1) is 27.3 Å². The summed E-state index contributed by atoms with van der Waals surface area (Å²) in [5.41, 5.74) is 1.77. The average molecular weight is 492 g/mol. The highest BCUT2D eigenvalue weighted by molar-refractivity contribution is 9.10. The van der Waals surface area contributed by atoms with E-state index in [2.05, 4.69) is 31.0 Å². The Kier molecular flexibility index (Phi) is 7.42. The molecule has 27 heavy (non-hydrogen) atoms. The van der Waals surface area contributed by atoms with E-state index in [9.17, 15) is 4.79 Å². The number of nitrogens with zero attached hydrogens (tertiary/aromatic N) is 2. The van der Waals surface area contributed by atoms with Crippen LogP contribution in [0.3, 0.4) is 0 Å². The largest absolute Gasteiger partial charge is 0.324 e. The van der Waals surface area contributed by atoms with Crippen molar-refractivity contribution in [1.29, 1.82) is 0 Å². The predicted octanol–water partition coefficient (Wildman–Crippen LogP) is 5.17. The molecule has 0 bridgehead atoms. The lowest BCUT2D eigenvalue weighted by atomic mass is 10.2. The minimum atomic E-state index is -0.0582. The summed E-state index contributed by atoms with van der Waals surface area (Å²) < 4.78 is 0.878. The van der Waals surface area contributed by atoms with Crippen LogP contribution in [0, 0.1) is 0 Å². The maximum Gasteiger partial charge on any atom is 0.238 e. The first-order valence-electron chi connectivity index (χ1n) is 8.54. The SMILES string of the molecule is O=C(CN1CCN(Cc2ccc(Cl)c(Cl)c2)CC1)Nc1ccc(Br)cc1Cl. The van der Waals surface area contributed by atoms with Crippen LogP contribution in [0.25, 0.3) is 0 Å². The van der Waals surface area contributed by atoms with E-state index in [4.69, 9.17) is 34.8 Å². The molecule has 0 unspecified atom stereocenters. The molecule has 1 saturated heterocycles. The second kappa shape index (κ2) is 9.59. The fraction of sp³-hybridized carbons (Fsp3) is 0.316. The lowest BCUT2D eigenvalue weighted by molar-refractivity contribution is -0.117. The number of amides is 1. The summed E-state index contributed by atoms with van der Waals surface area (Å²) >= 11 is 21.6. The first-order valence-corrected chi connectivity index (χ1v) is 10.5. The zero-order chi connectivity index (χ0) is 19.4. The number of piperazine rings is 1. The number of halogens is 4. The number of hydrogen-bond donors (Lipinski definition) is 1. The molecule has 144 valence electrons. The molecule has 0 saturated carbocycles. The van der Waals surface area contributed by atoms with E-state index in [1.807, 2.05) is 24.3 Å². The standard InChI is InChI=1S/C19H19BrCl3N3O/c20-14-2-4-18(17(23)10-14)24-19(27)12-26-7-5-25(6-8-26)11-13-1-3-15(21)16(22)9-13/h1-4,9-10H,5-8,11-12H2,(H,24,27). The van der Waals surface area contributed by atoms with E-state index in [1.165, 1.54) is 0 Å². The van der Waals surface area contributed by atoms with Crippen LogP contribution in [0.4, 0.5) is 5.69 Å². The van der Waals surface area contributed by atoms with Crippen LogP contribution in [-0.2, 0) is 11.3 Å². The Balaban J connectivity index is 1.46. The molecular formula is C19H19BrCl3N3O. The Morgan fingerprint density at radius 3 is 2.30 bits per heavy atom. The number of carbonyl (C=O) groups is 1. The van der Waals surface area contributed by atoms with Crippen LogP contribution in [0.2, 0.25) is 15.1 Å². The first kappa shape index (κ1) is 20.9. The number of carbonyl (C=O) groups excluding carboxylic acids is 1. The maximum atomic E-state index is 12.3. The molecule has 8 heteroatoms. The van der Waals surface area contributed by atoms with Crippen LogP contribution in [0.5, 0.6) is 0 Å². The van der Waals surface area contributed by atoms with Crippen molar-refractivity contribution in [3.8, 4) is 0 Å². The molecule has 1 N–H and O–H groups in total. The Hall–Kier alpha value is -0.820. The highest BCUT2D eigenvalue weighted by Crippen LogP contribution is 2.26. The summed E-state index contributed by atoms with van der Waals surface area (Å²) in [4.78, 5) is 16.8. The van der Waals surface area contributed by atoms with E-state index < -0.39 is 0 Å². The van der Waals surface area contributed by atoms with Gasteiger partial charge in [0.15, 0.2) is 0 Å². The fourth-order valence-corrected chi connectivity index (χ4v) is 4.03. The number of rotatable bonds is 5. The Morgan fingerprint density at radius 2 is 1.63 bits per heavy atom. The van der Waals surface area contributed by atoms with Gasteiger partial charge in [0.2, 0.25) is 5.91 Å².